The van der Waals surface area contributed by atoms with Crippen LogP contribution in [0.15, 0.2) is 48.0 Å². The molecule has 30 heavy (non-hydrogen) atoms. The summed E-state index contributed by atoms with van der Waals surface area (Å²) in [5, 5.41) is 0. The van der Waals surface area contributed by atoms with Crippen molar-refractivity contribution in [1.29, 1.82) is 0 Å². The Bertz CT molecular complexity index is 646. The van der Waals surface area contributed by atoms with Gasteiger partial charge in [-0.3, -0.25) is 0 Å². The molecule has 2 rings (SSSR count). The summed E-state index contributed by atoms with van der Waals surface area (Å²) in [6.45, 7) is 21.6. The maximum Gasteiger partial charge on any atom is 0.223 e. The third-order valence-corrected chi connectivity index (χ3v) is 5.53. The molecule has 170 valence electrons. The Morgan fingerprint density at radius 3 is 1.27 bits per heavy atom. The number of hydrogen-bond donors (Lipinski definition) is 0. The first-order chi connectivity index (χ1) is 13.6. The largest absolute Gasteiger partial charge is 0.469 e. The van der Waals surface area contributed by atoms with E-state index in [0.29, 0.717) is 0 Å². The summed E-state index contributed by atoms with van der Waals surface area (Å²) in [7, 11) is 0. The van der Waals surface area contributed by atoms with Gasteiger partial charge >= 0.3 is 0 Å². The van der Waals surface area contributed by atoms with E-state index in [2.05, 4.69) is 81.4 Å². The minimum atomic E-state index is -0.365. The van der Waals surface area contributed by atoms with Gasteiger partial charge in [0.2, 0.25) is 12.6 Å². The second-order valence-electron chi connectivity index (χ2n) is 11.6. The molecule has 0 aromatic heterocycles. The highest BCUT2D eigenvalue weighted by Gasteiger charge is 2.36. The van der Waals surface area contributed by atoms with Crippen molar-refractivity contribution >= 4 is 0 Å². The summed E-state index contributed by atoms with van der Waals surface area (Å²) in [5.74, 6) is 0. The van der Waals surface area contributed by atoms with Crippen molar-refractivity contribution < 1.29 is 18.9 Å². The van der Waals surface area contributed by atoms with Crippen LogP contribution < -0.4 is 0 Å². The molecule has 0 spiro atoms. The lowest BCUT2D eigenvalue weighted by Gasteiger charge is -2.39. The molecule has 2 unspecified atom stereocenters. The fourth-order valence-electron chi connectivity index (χ4n) is 3.51. The van der Waals surface area contributed by atoms with Crippen molar-refractivity contribution in [3.63, 3.8) is 0 Å². The molecule has 0 N–H and O–H groups in total. The molecule has 0 fully saturated rings. The standard InChI is InChI=1S/C26H42O4/c1-23(2,3)19-13-11-17-27-21(19)29-25(7,8)15-16-26(9,10)30-22-20(24(4,5)6)14-12-18-28-22/h11-14,17-18,21-22H,15-16H2,1-10H3. The van der Waals surface area contributed by atoms with E-state index in [0.717, 1.165) is 24.0 Å². The second-order valence-corrected chi connectivity index (χ2v) is 11.6. The van der Waals surface area contributed by atoms with Gasteiger partial charge in [-0.1, -0.05) is 53.7 Å². The van der Waals surface area contributed by atoms with E-state index in [9.17, 15) is 0 Å². The minimum absolute atomic E-state index is 0.0184. The van der Waals surface area contributed by atoms with E-state index in [1.807, 2.05) is 12.2 Å². The predicted octanol–water partition coefficient (Wildman–Crippen LogP) is 7.04. The van der Waals surface area contributed by atoms with Gasteiger partial charge in [0.1, 0.15) is 0 Å². The first kappa shape index (κ1) is 24.7. The highest BCUT2D eigenvalue weighted by molar-refractivity contribution is 5.24. The molecule has 0 saturated heterocycles. The van der Waals surface area contributed by atoms with Crippen molar-refractivity contribution in [2.75, 3.05) is 0 Å². The highest BCUT2D eigenvalue weighted by Crippen LogP contribution is 2.38. The molecule has 2 heterocycles. The summed E-state index contributed by atoms with van der Waals surface area (Å²) < 4.78 is 24.5. The van der Waals surface area contributed by atoms with E-state index >= 15 is 0 Å². The molecule has 0 radical (unpaired) electrons. The Morgan fingerprint density at radius 1 is 0.633 bits per heavy atom. The maximum atomic E-state index is 6.43. The lowest BCUT2D eigenvalue weighted by Crippen LogP contribution is -2.40. The van der Waals surface area contributed by atoms with Crippen molar-refractivity contribution in [3.05, 3.63) is 48.0 Å². The van der Waals surface area contributed by atoms with Crippen LogP contribution in [0.25, 0.3) is 0 Å². The SMILES string of the molecule is CC(C)(CCC(C)(C)OC1OC=CC=C1C(C)(C)C)OC1OC=CC=C1C(C)(C)C. The second kappa shape index (κ2) is 8.92. The van der Waals surface area contributed by atoms with Crippen LogP contribution >= 0.6 is 0 Å². The molecule has 4 heteroatoms. The van der Waals surface area contributed by atoms with Crippen molar-refractivity contribution in [2.24, 2.45) is 10.8 Å². The minimum Gasteiger partial charge on any atom is -0.469 e. The van der Waals surface area contributed by atoms with Crippen molar-refractivity contribution in [3.8, 4) is 0 Å². The molecule has 0 aliphatic carbocycles. The topological polar surface area (TPSA) is 36.9 Å². The zero-order chi connectivity index (χ0) is 22.8. The normalized spacial score (nSPS) is 22.9. The zero-order valence-corrected chi connectivity index (χ0v) is 20.7. The lowest BCUT2D eigenvalue weighted by molar-refractivity contribution is -0.187. The van der Waals surface area contributed by atoms with Gasteiger partial charge in [0.25, 0.3) is 0 Å². The number of ether oxygens (including phenoxy) is 4. The Balaban J connectivity index is 1.99. The van der Waals surface area contributed by atoms with E-state index in [-0.39, 0.29) is 34.6 Å². The van der Waals surface area contributed by atoms with Gasteiger partial charge in [0.05, 0.1) is 23.7 Å². The first-order valence-electron chi connectivity index (χ1n) is 11.0. The third kappa shape index (κ3) is 7.02. The molecular weight excluding hydrogens is 376 g/mol. The summed E-state index contributed by atoms with van der Waals surface area (Å²) >= 11 is 0. The summed E-state index contributed by atoms with van der Waals surface area (Å²) in [5.41, 5.74) is 1.53. The maximum absolute atomic E-state index is 6.43. The molecule has 2 aliphatic rings. The van der Waals surface area contributed by atoms with E-state index in [1.54, 1.807) is 12.5 Å². The van der Waals surface area contributed by atoms with Crippen LogP contribution in [0.5, 0.6) is 0 Å². The van der Waals surface area contributed by atoms with Gasteiger partial charge in [-0.05, 0) is 63.5 Å². The zero-order valence-electron chi connectivity index (χ0n) is 20.7. The van der Waals surface area contributed by atoms with Crippen LogP contribution in [0.4, 0.5) is 0 Å². The summed E-state index contributed by atoms with van der Waals surface area (Å²) in [6, 6.07) is 0. The quantitative estimate of drug-likeness (QED) is 0.444. The highest BCUT2D eigenvalue weighted by atomic mass is 16.7. The monoisotopic (exact) mass is 418 g/mol. The van der Waals surface area contributed by atoms with Gasteiger partial charge in [-0.15, -0.1) is 0 Å². The fourth-order valence-corrected chi connectivity index (χ4v) is 3.51. The Labute approximate surface area is 184 Å². The van der Waals surface area contributed by atoms with Gasteiger partial charge < -0.3 is 18.9 Å². The van der Waals surface area contributed by atoms with Gasteiger partial charge in [-0.25, -0.2) is 0 Å². The Kier molecular flexibility index (Phi) is 7.36. The molecule has 0 aromatic rings. The molecule has 2 atom stereocenters. The summed E-state index contributed by atoms with van der Waals surface area (Å²) in [6.07, 6.45) is 12.4. The molecular formula is C26H42O4. The predicted molar refractivity (Wildman–Crippen MR) is 123 cm³/mol. The molecule has 2 aliphatic heterocycles. The van der Waals surface area contributed by atoms with E-state index < -0.39 is 0 Å². The van der Waals surface area contributed by atoms with Crippen LogP contribution in [0.3, 0.4) is 0 Å². The van der Waals surface area contributed by atoms with Crippen molar-refractivity contribution in [2.45, 2.75) is 106 Å². The lowest BCUT2D eigenvalue weighted by atomic mass is 9.84. The van der Waals surface area contributed by atoms with Crippen LogP contribution in [0.1, 0.15) is 82.1 Å². The van der Waals surface area contributed by atoms with E-state index in [1.165, 1.54) is 0 Å². The van der Waals surface area contributed by atoms with Crippen LogP contribution in [0.2, 0.25) is 0 Å². The van der Waals surface area contributed by atoms with Crippen molar-refractivity contribution in [1.82, 2.24) is 0 Å². The Morgan fingerprint density at radius 2 is 0.967 bits per heavy atom. The third-order valence-electron chi connectivity index (χ3n) is 5.53. The smallest absolute Gasteiger partial charge is 0.223 e. The first-order valence-corrected chi connectivity index (χ1v) is 11.0. The summed E-state index contributed by atoms with van der Waals surface area (Å²) in [4.78, 5) is 0. The number of rotatable bonds is 7. The number of allylic oxidation sites excluding steroid dienone is 4. The van der Waals surface area contributed by atoms with Crippen LogP contribution in [0, 0.1) is 10.8 Å². The average molecular weight is 419 g/mol. The van der Waals surface area contributed by atoms with Gasteiger partial charge in [0, 0.05) is 11.1 Å². The fraction of sp³-hybridized carbons (Fsp3) is 0.692. The van der Waals surface area contributed by atoms with Crippen LogP contribution in [-0.4, -0.2) is 23.8 Å². The molecule has 4 nitrogen and oxygen atoms in total. The van der Waals surface area contributed by atoms with Gasteiger partial charge in [0.15, 0.2) is 0 Å². The number of hydrogen-bond acceptors (Lipinski definition) is 4. The molecule has 0 aromatic carbocycles. The van der Waals surface area contributed by atoms with Crippen LogP contribution in [-0.2, 0) is 18.9 Å². The average Bonchev–Trinajstić information content (AvgIpc) is 2.59. The van der Waals surface area contributed by atoms with E-state index in [4.69, 9.17) is 18.9 Å². The molecule has 0 saturated carbocycles. The van der Waals surface area contributed by atoms with Gasteiger partial charge in [-0.2, -0.15) is 0 Å². The molecule has 0 bridgehead atoms. The molecule has 0 amide bonds. The Hall–Kier alpha value is -1.52.